The Balaban J connectivity index is 1.91. The Labute approximate surface area is 112 Å². The fraction of sp³-hybridized carbons (Fsp3) is 0.938. The zero-order chi connectivity index (χ0) is 13.3. The van der Waals surface area contributed by atoms with E-state index in [4.69, 9.17) is 0 Å². The summed E-state index contributed by atoms with van der Waals surface area (Å²) in [4.78, 5) is 14.8. The van der Waals surface area contributed by atoms with Crippen molar-refractivity contribution in [2.24, 2.45) is 17.3 Å². The molecule has 0 amide bonds. The molecule has 2 nitrogen and oxygen atoms in total. The van der Waals surface area contributed by atoms with Gasteiger partial charge in [0.2, 0.25) is 0 Å². The Bertz CT molecular complexity index is 310. The first-order chi connectivity index (χ1) is 8.42. The third kappa shape index (κ3) is 2.79. The van der Waals surface area contributed by atoms with Crippen molar-refractivity contribution in [3.05, 3.63) is 0 Å². The lowest BCUT2D eigenvalue weighted by molar-refractivity contribution is -0.128. The van der Waals surface area contributed by atoms with E-state index in [1.807, 2.05) is 0 Å². The van der Waals surface area contributed by atoms with Crippen LogP contribution in [0.4, 0.5) is 0 Å². The van der Waals surface area contributed by atoms with Crippen LogP contribution in [0.5, 0.6) is 0 Å². The van der Waals surface area contributed by atoms with Crippen LogP contribution in [0.15, 0.2) is 0 Å². The number of carbonyl (C=O) groups excluding carboxylic acids is 1. The van der Waals surface area contributed by atoms with Gasteiger partial charge in [-0.2, -0.15) is 0 Å². The molecule has 2 rings (SSSR count). The van der Waals surface area contributed by atoms with Crippen LogP contribution in [0.3, 0.4) is 0 Å². The average Bonchev–Trinajstić information content (AvgIpc) is 2.57. The maximum Gasteiger partial charge on any atom is 0.142 e. The monoisotopic (exact) mass is 251 g/mol. The molecule has 0 bridgehead atoms. The van der Waals surface area contributed by atoms with Gasteiger partial charge >= 0.3 is 0 Å². The molecular formula is C16H29NO. The zero-order valence-electron chi connectivity index (χ0n) is 12.5. The quantitative estimate of drug-likeness (QED) is 0.765. The molecule has 2 saturated carbocycles. The van der Waals surface area contributed by atoms with E-state index in [-0.39, 0.29) is 5.41 Å². The molecule has 0 aromatic rings. The number of carbonyl (C=O) groups is 1. The van der Waals surface area contributed by atoms with Crippen LogP contribution >= 0.6 is 0 Å². The molecule has 3 unspecified atom stereocenters. The largest absolute Gasteiger partial charge is 0.302 e. The number of hydrogen-bond acceptors (Lipinski definition) is 2. The van der Waals surface area contributed by atoms with E-state index >= 15 is 0 Å². The van der Waals surface area contributed by atoms with Crippen molar-refractivity contribution < 1.29 is 4.79 Å². The van der Waals surface area contributed by atoms with Gasteiger partial charge in [0, 0.05) is 23.9 Å². The predicted molar refractivity (Wildman–Crippen MR) is 75.6 cm³/mol. The van der Waals surface area contributed by atoms with Gasteiger partial charge in [-0.1, -0.05) is 33.6 Å². The van der Waals surface area contributed by atoms with Gasteiger partial charge in [0.25, 0.3) is 0 Å². The number of nitrogens with zero attached hydrogens (tertiary/aromatic N) is 1. The van der Waals surface area contributed by atoms with Gasteiger partial charge in [-0.15, -0.1) is 0 Å². The van der Waals surface area contributed by atoms with E-state index in [2.05, 4.69) is 32.7 Å². The Hall–Kier alpha value is -0.370. The van der Waals surface area contributed by atoms with Crippen molar-refractivity contribution in [1.82, 2.24) is 4.90 Å². The van der Waals surface area contributed by atoms with Crippen LogP contribution in [0, 0.1) is 17.3 Å². The smallest absolute Gasteiger partial charge is 0.142 e. The van der Waals surface area contributed by atoms with E-state index < -0.39 is 0 Å². The molecule has 0 N–H and O–H groups in total. The van der Waals surface area contributed by atoms with E-state index in [1.54, 1.807) is 0 Å². The van der Waals surface area contributed by atoms with Crippen LogP contribution in [0.25, 0.3) is 0 Å². The Morgan fingerprint density at radius 2 is 1.89 bits per heavy atom. The summed E-state index contributed by atoms with van der Waals surface area (Å²) in [6, 6.07) is 0.704. The molecule has 104 valence electrons. The van der Waals surface area contributed by atoms with Crippen molar-refractivity contribution in [3.8, 4) is 0 Å². The normalized spacial score (nSPS) is 36.3. The maximum absolute atomic E-state index is 12.3. The first-order valence-electron chi connectivity index (χ1n) is 7.66. The second-order valence-electron chi connectivity index (χ2n) is 7.25. The van der Waals surface area contributed by atoms with Crippen LogP contribution in [0.1, 0.15) is 59.3 Å². The lowest BCUT2D eigenvalue weighted by atomic mass is 9.84. The minimum atomic E-state index is -0.0658. The Morgan fingerprint density at radius 1 is 1.22 bits per heavy atom. The highest BCUT2D eigenvalue weighted by Crippen LogP contribution is 2.38. The highest BCUT2D eigenvalue weighted by Gasteiger charge is 2.41. The lowest BCUT2D eigenvalue weighted by Gasteiger charge is -2.37. The molecule has 0 saturated heterocycles. The van der Waals surface area contributed by atoms with Crippen molar-refractivity contribution in [1.29, 1.82) is 0 Å². The molecule has 0 radical (unpaired) electrons. The second-order valence-corrected chi connectivity index (χ2v) is 7.25. The van der Waals surface area contributed by atoms with E-state index in [1.165, 1.54) is 25.7 Å². The number of ketones is 1. The average molecular weight is 251 g/mol. The molecule has 0 heterocycles. The molecule has 18 heavy (non-hydrogen) atoms. The topological polar surface area (TPSA) is 20.3 Å². The van der Waals surface area contributed by atoms with E-state index in [0.29, 0.717) is 17.7 Å². The SMILES string of the molecule is CC1CCCCC1N(C)CC1CCC(C)(C)C1=O. The first-order valence-corrected chi connectivity index (χ1v) is 7.66. The summed E-state index contributed by atoms with van der Waals surface area (Å²) < 4.78 is 0. The molecule has 2 aliphatic carbocycles. The molecule has 0 aromatic heterocycles. The molecular weight excluding hydrogens is 222 g/mol. The van der Waals surface area contributed by atoms with Gasteiger partial charge in [-0.3, -0.25) is 4.79 Å². The maximum atomic E-state index is 12.3. The number of rotatable bonds is 3. The molecule has 2 aliphatic rings. The summed E-state index contributed by atoms with van der Waals surface area (Å²) in [7, 11) is 2.23. The Kier molecular flexibility index (Phi) is 4.15. The van der Waals surface area contributed by atoms with Gasteiger partial charge in [-0.05, 0) is 38.6 Å². The summed E-state index contributed by atoms with van der Waals surface area (Å²) in [5.41, 5.74) is -0.0658. The highest BCUT2D eigenvalue weighted by atomic mass is 16.1. The van der Waals surface area contributed by atoms with Crippen molar-refractivity contribution in [3.63, 3.8) is 0 Å². The lowest BCUT2D eigenvalue weighted by Crippen LogP contribution is -2.42. The van der Waals surface area contributed by atoms with Crippen LogP contribution in [-0.2, 0) is 4.79 Å². The Morgan fingerprint density at radius 3 is 2.44 bits per heavy atom. The molecule has 2 fully saturated rings. The molecule has 2 heteroatoms. The summed E-state index contributed by atoms with van der Waals surface area (Å²) in [6.07, 6.45) is 7.60. The summed E-state index contributed by atoms with van der Waals surface area (Å²) in [5.74, 6) is 1.59. The zero-order valence-corrected chi connectivity index (χ0v) is 12.5. The minimum absolute atomic E-state index is 0.0658. The third-order valence-electron chi connectivity index (χ3n) is 5.30. The van der Waals surface area contributed by atoms with Crippen molar-refractivity contribution in [2.75, 3.05) is 13.6 Å². The van der Waals surface area contributed by atoms with Gasteiger partial charge < -0.3 is 4.90 Å². The van der Waals surface area contributed by atoms with E-state index in [0.717, 1.165) is 25.3 Å². The van der Waals surface area contributed by atoms with Gasteiger partial charge in [0.05, 0.1) is 0 Å². The van der Waals surface area contributed by atoms with Crippen LogP contribution < -0.4 is 0 Å². The fourth-order valence-corrected chi connectivity index (χ4v) is 3.95. The summed E-state index contributed by atoms with van der Waals surface area (Å²) in [5, 5.41) is 0. The van der Waals surface area contributed by atoms with E-state index in [9.17, 15) is 4.79 Å². The van der Waals surface area contributed by atoms with Crippen molar-refractivity contribution >= 4 is 5.78 Å². The van der Waals surface area contributed by atoms with Gasteiger partial charge in [0.15, 0.2) is 0 Å². The van der Waals surface area contributed by atoms with Gasteiger partial charge in [0.1, 0.15) is 5.78 Å². The third-order valence-corrected chi connectivity index (χ3v) is 5.30. The number of Topliss-reactive ketones (excluding diaryl/α,β-unsaturated/α-hetero) is 1. The van der Waals surface area contributed by atoms with Gasteiger partial charge in [-0.25, -0.2) is 0 Å². The fourth-order valence-electron chi connectivity index (χ4n) is 3.95. The predicted octanol–water partition coefficient (Wildman–Crippen LogP) is 3.50. The standard InChI is InChI=1S/C16H29NO/c1-12-7-5-6-8-14(12)17(4)11-13-9-10-16(2,3)15(13)18/h12-14H,5-11H2,1-4H3. The van der Waals surface area contributed by atoms with Crippen molar-refractivity contribution in [2.45, 2.75) is 65.3 Å². The molecule has 0 spiro atoms. The molecule has 0 aromatic carbocycles. The highest BCUT2D eigenvalue weighted by molar-refractivity contribution is 5.88. The first kappa shape index (κ1) is 14.0. The molecule has 0 aliphatic heterocycles. The minimum Gasteiger partial charge on any atom is -0.302 e. The van der Waals surface area contributed by atoms with Crippen LogP contribution in [0.2, 0.25) is 0 Å². The van der Waals surface area contributed by atoms with Crippen LogP contribution in [-0.4, -0.2) is 30.3 Å². The molecule has 3 atom stereocenters. The number of hydrogen-bond donors (Lipinski definition) is 0. The summed E-state index contributed by atoms with van der Waals surface area (Å²) in [6.45, 7) is 7.58. The summed E-state index contributed by atoms with van der Waals surface area (Å²) >= 11 is 0. The second kappa shape index (κ2) is 5.32.